The molecule has 2 aromatic rings. The third kappa shape index (κ3) is 5.00. The highest BCUT2D eigenvalue weighted by molar-refractivity contribution is 9.10. The number of amides is 1. The molecule has 0 saturated carbocycles. The minimum Gasteiger partial charge on any atom is -0.435 e. The zero-order valence-corrected chi connectivity index (χ0v) is 12.9. The minimum absolute atomic E-state index is 0.0520. The lowest BCUT2D eigenvalue weighted by Gasteiger charge is -2.10. The highest BCUT2D eigenvalue weighted by Crippen LogP contribution is 2.21. The van der Waals surface area contributed by atoms with Crippen LogP contribution in [0, 0.1) is 0 Å². The fraction of sp³-hybridized carbons (Fsp3) is 0.133. The lowest BCUT2D eigenvalue weighted by molar-refractivity contribution is -0.114. The highest BCUT2D eigenvalue weighted by atomic mass is 79.9. The van der Waals surface area contributed by atoms with E-state index in [1.807, 2.05) is 18.2 Å². The Kier molecular flexibility index (Phi) is 5.71. The van der Waals surface area contributed by atoms with Crippen LogP contribution in [0.5, 0.6) is 5.75 Å². The van der Waals surface area contributed by atoms with Crippen molar-refractivity contribution < 1.29 is 18.3 Å². The van der Waals surface area contributed by atoms with Gasteiger partial charge in [0.05, 0.1) is 12.2 Å². The van der Waals surface area contributed by atoms with Crippen molar-refractivity contribution in [3.8, 4) is 5.75 Å². The van der Waals surface area contributed by atoms with Gasteiger partial charge < -0.3 is 15.4 Å². The van der Waals surface area contributed by atoms with Crippen LogP contribution in [0.15, 0.2) is 53.0 Å². The van der Waals surface area contributed by atoms with Crippen LogP contribution in [0.3, 0.4) is 0 Å². The number of para-hydroxylation sites is 1. The second-order valence-corrected chi connectivity index (χ2v) is 5.14. The maximum absolute atomic E-state index is 12.0. The molecule has 0 bridgehead atoms. The summed E-state index contributed by atoms with van der Waals surface area (Å²) in [5.74, 6) is -0.155. The Balaban J connectivity index is 1.85. The van der Waals surface area contributed by atoms with Crippen LogP contribution in [-0.4, -0.2) is 19.1 Å². The number of ether oxygens (including phenoxy) is 1. The van der Waals surface area contributed by atoms with Gasteiger partial charge in [0, 0.05) is 10.2 Å². The van der Waals surface area contributed by atoms with E-state index in [0.717, 1.165) is 4.47 Å². The van der Waals surface area contributed by atoms with Crippen LogP contribution in [0.1, 0.15) is 0 Å². The fourth-order valence-corrected chi connectivity index (χ4v) is 2.08. The number of carbonyl (C=O) groups is 1. The summed E-state index contributed by atoms with van der Waals surface area (Å²) < 4.78 is 29.1. The number of rotatable bonds is 6. The third-order valence-electron chi connectivity index (χ3n) is 2.68. The van der Waals surface area contributed by atoms with Crippen molar-refractivity contribution in [3.05, 3.63) is 53.0 Å². The molecule has 2 N–H and O–H groups in total. The Hall–Kier alpha value is -2.15. The largest absolute Gasteiger partial charge is 0.435 e. The van der Waals surface area contributed by atoms with Gasteiger partial charge in [-0.1, -0.05) is 12.1 Å². The maximum Gasteiger partial charge on any atom is 0.387 e. The average molecular weight is 371 g/mol. The van der Waals surface area contributed by atoms with E-state index >= 15 is 0 Å². The standard InChI is InChI=1S/C15H13BrF2N2O2/c16-12-3-1-2-4-13(12)20-14(21)9-19-10-5-7-11(8-6-10)22-15(17)18/h1-8,15,19H,9H2,(H,20,21). The van der Waals surface area contributed by atoms with Gasteiger partial charge in [-0.3, -0.25) is 4.79 Å². The SMILES string of the molecule is O=C(CNc1ccc(OC(F)F)cc1)Nc1ccccc1Br. The van der Waals surface area contributed by atoms with E-state index in [0.29, 0.717) is 11.4 Å². The van der Waals surface area contributed by atoms with E-state index in [1.165, 1.54) is 12.1 Å². The molecule has 4 nitrogen and oxygen atoms in total. The van der Waals surface area contributed by atoms with Gasteiger partial charge in [0.1, 0.15) is 5.75 Å². The van der Waals surface area contributed by atoms with Crippen molar-refractivity contribution in [2.24, 2.45) is 0 Å². The monoisotopic (exact) mass is 370 g/mol. The van der Waals surface area contributed by atoms with Gasteiger partial charge >= 0.3 is 6.61 Å². The lowest BCUT2D eigenvalue weighted by Crippen LogP contribution is -2.21. The number of nitrogens with one attached hydrogen (secondary N) is 2. The van der Waals surface area contributed by atoms with E-state index in [9.17, 15) is 13.6 Å². The van der Waals surface area contributed by atoms with Crippen LogP contribution in [0.2, 0.25) is 0 Å². The molecule has 0 aliphatic heterocycles. The minimum atomic E-state index is -2.85. The first kappa shape index (κ1) is 16.2. The molecule has 1 amide bonds. The average Bonchev–Trinajstić information content (AvgIpc) is 2.48. The molecule has 0 fully saturated rings. The third-order valence-corrected chi connectivity index (χ3v) is 3.37. The Morgan fingerprint density at radius 3 is 2.45 bits per heavy atom. The summed E-state index contributed by atoms with van der Waals surface area (Å²) in [7, 11) is 0. The topological polar surface area (TPSA) is 50.4 Å². The van der Waals surface area contributed by atoms with E-state index in [4.69, 9.17) is 0 Å². The lowest BCUT2D eigenvalue weighted by atomic mass is 10.3. The van der Waals surface area contributed by atoms with Gasteiger partial charge in [0.25, 0.3) is 0 Å². The van der Waals surface area contributed by atoms with Crippen LogP contribution >= 0.6 is 15.9 Å². The van der Waals surface area contributed by atoms with E-state index in [1.54, 1.807) is 18.2 Å². The molecule has 0 heterocycles. The first-order valence-electron chi connectivity index (χ1n) is 6.38. The summed E-state index contributed by atoms with van der Waals surface area (Å²) in [6.45, 7) is -2.80. The molecule has 0 saturated heterocycles. The molecule has 0 atom stereocenters. The normalized spacial score (nSPS) is 10.4. The Morgan fingerprint density at radius 1 is 1.14 bits per heavy atom. The Morgan fingerprint density at radius 2 is 1.82 bits per heavy atom. The highest BCUT2D eigenvalue weighted by Gasteiger charge is 2.06. The first-order valence-corrected chi connectivity index (χ1v) is 7.17. The van der Waals surface area contributed by atoms with Crippen molar-refractivity contribution in [2.75, 3.05) is 17.2 Å². The number of hydrogen-bond donors (Lipinski definition) is 2. The molecular formula is C15H13BrF2N2O2. The molecule has 0 unspecified atom stereocenters. The summed E-state index contributed by atoms with van der Waals surface area (Å²) in [6, 6.07) is 13.2. The molecule has 116 valence electrons. The molecule has 0 aliphatic carbocycles. The van der Waals surface area contributed by atoms with Gasteiger partial charge in [-0.15, -0.1) is 0 Å². The van der Waals surface area contributed by atoms with Crippen LogP contribution in [0.4, 0.5) is 20.2 Å². The molecule has 0 spiro atoms. The van der Waals surface area contributed by atoms with Gasteiger partial charge in [0.2, 0.25) is 5.91 Å². The summed E-state index contributed by atoms with van der Waals surface area (Å²) in [4.78, 5) is 11.8. The zero-order chi connectivity index (χ0) is 15.9. The van der Waals surface area contributed by atoms with Crippen molar-refractivity contribution in [1.29, 1.82) is 0 Å². The Labute approximate surface area is 134 Å². The smallest absolute Gasteiger partial charge is 0.387 e. The van der Waals surface area contributed by atoms with Gasteiger partial charge in [0.15, 0.2) is 0 Å². The molecule has 0 aromatic heterocycles. The number of benzene rings is 2. The molecule has 2 rings (SSSR count). The van der Waals surface area contributed by atoms with Gasteiger partial charge in [-0.2, -0.15) is 8.78 Å². The predicted molar refractivity (Wildman–Crippen MR) is 84.3 cm³/mol. The van der Waals surface area contributed by atoms with Crippen molar-refractivity contribution >= 4 is 33.2 Å². The van der Waals surface area contributed by atoms with Crippen molar-refractivity contribution in [1.82, 2.24) is 0 Å². The van der Waals surface area contributed by atoms with Crippen molar-refractivity contribution in [2.45, 2.75) is 6.61 Å². The molecule has 7 heteroatoms. The molecule has 0 radical (unpaired) electrons. The second kappa shape index (κ2) is 7.74. The Bertz CT molecular complexity index is 636. The van der Waals surface area contributed by atoms with Crippen molar-refractivity contribution in [3.63, 3.8) is 0 Å². The summed E-state index contributed by atoms with van der Waals surface area (Å²) >= 11 is 3.34. The molecule has 0 aliphatic rings. The number of hydrogen-bond acceptors (Lipinski definition) is 3. The van der Waals surface area contributed by atoms with Gasteiger partial charge in [-0.05, 0) is 52.3 Å². The summed E-state index contributed by atoms with van der Waals surface area (Å²) in [6.07, 6.45) is 0. The van der Waals surface area contributed by atoms with Crippen LogP contribution < -0.4 is 15.4 Å². The van der Waals surface area contributed by atoms with E-state index in [-0.39, 0.29) is 18.2 Å². The predicted octanol–water partition coefficient (Wildman–Crippen LogP) is 4.10. The van der Waals surface area contributed by atoms with Gasteiger partial charge in [-0.25, -0.2) is 0 Å². The molecule has 22 heavy (non-hydrogen) atoms. The van der Waals surface area contributed by atoms with Crippen LogP contribution in [0.25, 0.3) is 0 Å². The van der Waals surface area contributed by atoms with Crippen LogP contribution in [-0.2, 0) is 4.79 Å². The summed E-state index contributed by atoms with van der Waals surface area (Å²) in [5.41, 5.74) is 1.30. The number of carbonyl (C=O) groups excluding carboxylic acids is 1. The fourth-order valence-electron chi connectivity index (χ4n) is 1.69. The molecular weight excluding hydrogens is 358 g/mol. The number of anilines is 2. The quantitative estimate of drug-likeness (QED) is 0.804. The second-order valence-electron chi connectivity index (χ2n) is 4.28. The molecule has 2 aromatic carbocycles. The summed E-state index contributed by atoms with van der Waals surface area (Å²) in [5, 5.41) is 5.64. The zero-order valence-electron chi connectivity index (χ0n) is 11.4. The number of halogens is 3. The number of alkyl halides is 2. The van der Waals surface area contributed by atoms with E-state index < -0.39 is 6.61 Å². The van der Waals surface area contributed by atoms with E-state index in [2.05, 4.69) is 31.3 Å². The maximum atomic E-state index is 12.0. The first-order chi connectivity index (χ1) is 10.5.